The molecule has 1 aromatic carbocycles. The molecule has 15 heavy (non-hydrogen) atoms. The Hall–Kier alpha value is -1.67. The summed E-state index contributed by atoms with van der Waals surface area (Å²) >= 11 is 0. The second-order valence-corrected chi connectivity index (χ2v) is 3.55. The zero-order valence-corrected chi connectivity index (χ0v) is 8.64. The Labute approximate surface area is 89.2 Å². The van der Waals surface area contributed by atoms with Crippen molar-refractivity contribution >= 4 is 0 Å². The van der Waals surface area contributed by atoms with E-state index in [9.17, 15) is 0 Å². The first-order valence-electron chi connectivity index (χ1n) is 4.92. The minimum atomic E-state index is 0.0344. The molecule has 0 aliphatic heterocycles. The van der Waals surface area contributed by atoms with Crippen molar-refractivity contribution in [2.75, 3.05) is 0 Å². The molecule has 2 aromatic rings. The van der Waals surface area contributed by atoms with E-state index in [-0.39, 0.29) is 6.61 Å². The standard InChI is InChI=1S/C13H13NO/c1-10-4-2-3-5-13(10)12-6-11(9-15)7-14-8-12/h2-8,15H,9H2,1H3. The van der Waals surface area contributed by atoms with Gasteiger partial charge in [-0.3, -0.25) is 4.98 Å². The number of hydrogen-bond donors (Lipinski definition) is 1. The molecule has 2 nitrogen and oxygen atoms in total. The van der Waals surface area contributed by atoms with Crippen LogP contribution in [-0.2, 0) is 6.61 Å². The number of benzene rings is 1. The third kappa shape index (κ3) is 2.05. The van der Waals surface area contributed by atoms with Crippen molar-refractivity contribution in [1.29, 1.82) is 0 Å². The summed E-state index contributed by atoms with van der Waals surface area (Å²) in [6.45, 7) is 2.10. The van der Waals surface area contributed by atoms with Gasteiger partial charge in [0, 0.05) is 18.0 Å². The summed E-state index contributed by atoms with van der Waals surface area (Å²) in [4.78, 5) is 4.11. The van der Waals surface area contributed by atoms with Gasteiger partial charge in [0.1, 0.15) is 0 Å². The second-order valence-electron chi connectivity index (χ2n) is 3.55. The van der Waals surface area contributed by atoms with E-state index in [0.717, 1.165) is 11.1 Å². The first-order chi connectivity index (χ1) is 7.31. The average molecular weight is 199 g/mol. The Morgan fingerprint density at radius 3 is 2.73 bits per heavy atom. The minimum Gasteiger partial charge on any atom is -0.392 e. The highest BCUT2D eigenvalue weighted by atomic mass is 16.3. The summed E-state index contributed by atoms with van der Waals surface area (Å²) in [5.41, 5.74) is 4.28. The summed E-state index contributed by atoms with van der Waals surface area (Å²) in [5, 5.41) is 9.04. The zero-order chi connectivity index (χ0) is 10.7. The summed E-state index contributed by atoms with van der Waals surface area (Å²) in [6.07, 6.45) is 3.50. The van der Waals surface area contributed by atoms with Gasteiger partial charge in [-0.25, -0.2) is 0 Å². The van der Waals surface area contributed by atoms with E-state index in [1.807, 2.05) is 24.4 Å². The lowest BCUT2D eigenvalue weighted by atomic mass is 10.0. The fourth-order valence-electron chi connectivity index (χ4n) is 1.62. The molecule has 0 saturated carbocycles. The summed E-state index contributed by atoms with van der Waals surface area (Å²) in [6, 6.07) is 10.1. The molecule has 1 N–H and O–H groups in total. The van der Waals surface area contributed by atoms with Crippen LogP contribution in [0.2, 0.25) is 0 Å². The largest absolute Gasteiger partial charge is 0.392 e. The number of aromatic nitrogens is 1. The lowest BCUT2D eigenvalue weighted by molar-refractivity contribution is 0.281. The molecule has 76 valence electrons. The molecule has 0 bridgehead atoms. The van der Waals surface area contributed by atoms with E-state index in [1.54, 1.807) is 6.20 Å². The molecular weight excluding hydrogens is 186 g/mol. The van der Waals surface area contributed by atoms with Crippen LogP contribution in [-0.4, -0.2) is 10.1 Å². The van der Waals surface area contributed by atoms with Gasteiger partial charge >= 0.3 is 0 Å². The third-order valence-corrected chi connectivity index (χ3v) is 2.43. The third-order valence-electron chi connectivity index (χ3n) is 2.43. The minimum absolute atomic E-state index is 0.0344. The van der Waals surface area contributed by atoms with E-state index in [0.29, 0.717) is 0 Å². The first kappa shape index (κ1) is 9.87. The van der Waals surface area contributed by atoms with Crippen LogP contribution in [0.5, 0.6) is 0 Å². The summed E-state index contributed by atoms with van der Waals surface area (Å²) in [5.74, 6) is 0. The van der Waals surface area contributed by atoms with Crippen LogP contribution in [0.3, 0.4) is 0 Å². The van der Waals surface area contributed by atoms with E-state index >= 15 is 0 Å². The van der Waals surface area contributed by atoms with E-state index in [1.165, 1.54) is 11.1 Å². The molecular formula is C13H13NO. The highest BCUT2D eigenvalue weighted by molar-refractivity contribution is 5.66. The van der Waals surface area contributed by atoms with Crippen molar-refractivity contribution < 1.29 is 5.11 Å². The fourth-order valence-corrected chi connectivity index (χ4v) is 1.62. The predicted molar refractivity (Wildman–Crippen MR) is 60.3 cm³/mol. The molecule has 0 radical (unpaired) electrons. The van der Waals surface area contributed by atoms with Gasteiger partial charge < -0.3 is 5.11 Å². The van der Waals surface area contributed by atoms with Crippen LogP contribution in [0.15, 0.2) is 42.7 Å². The van der Waals surface area contributed by atoms with Crippen LogP contribution in [0.25, 0.3) is 11.1 Å². The summed E-state index contributed by atoms with van der Waals surface area (Å²) < 4.78 is 0. The van der Waals surface area contributed by atoms with Gasteiger partial charge in [-0.05, 0) is 29.7 Å². The van der Waals surface area contributed by atoms with Crippen LogP contribution >= 0.6 is 0 Å². The maximum absolute atomic E-state index is 9.04. The molecule has 1 aromatic heterocycles. The molecule has 0 fully saturated rings. The van der Waals surface area contributed by atoms with Crippen molar-refractivity contribution in [3.8, 4) is 11.1 Å². The highest BCUT2D eigenvalue weighted by Crippen LogP contribution is 2.22. The number of aliphatic hydroxyl groups excluding tert-OH is 1. The number of hydrogen-bond acceptors (Lipinski definition) is 2. The SMILES string of the molecule is Cc1ccccc1-c1cncc(CO)c1. The van der Waals surface area contributed by atoms with E-state index in [2.05, 4.69) is 24.0 Å². The molecule has 0 unspecified atom stereocenters. The number of pyridine rings is 1. The normalized spacial score (nSPS) is 10.3. The molecule has 0 aliphatic carbocycles. The van der Waals surface area contributed by atoms with Gasteiger partial charge in [-0.1, -0.05) is 24.3 Å². The quantitative estimate of drug-likeness (QED) is 0.806. The van der Waals surface area contributed by atoms with Crippen molar-refractivity contribution in [1.82, 2.24) is 4.98 Å². The molecule has 0 aliphatic rings. The molecule has 0 amide bonds. The van der Waals surface area contributed by atoms with E-state index in [4.69, 9.17) is 5.11 Å². The van der Waals surface area contributed by atoms with Crippen LogP contribution < -0.4 is 0 Å². The van der Waals surface area contributed by atoms with Gasteiger partial charge in [0.15, 0.2) is 0 Å². The maximum atomic E-state index is 9.04. The fraction of sp³-hybridized carbons (Fsp3) is 0.154. The van der Waals surface area contributed by atoms with Gasteiger partial charge in [0.25, 0.3) is 0 Å². The van der Waals surface area contributed by atoms with Gasteiger partial charge in [0.05, 0.1) is 6.61 Å². The predicted octanol–water partition coefficient (Wildman–Crippen LogP) is 2.55. The Balaban J connectivity index is 2.49. The van der Waals surface area contributed by atoms with E-state index < -0.39 is 0 Å². The molecule has 1 heterocycles. The number of nitrogens with zero attached hydrogens (tertiary/aromatic N) is 1. The average Bonchev–Trinajstić information content (AvgIpc) is 2.30. The maximum Gasteiger partial charge on any atom is 0.0697 e. The molecule has 0 atom stereocenters. The Morgan fingerprint density at radius 1 is 1.20 bits per heavy atom. The van der Waals surface area contributed by atoms with Crippen molar-refractivity contribution in [2.24, 2.45) is 0 Å². The Kier molecular flexibility index (Phi) is 2.79. The number of aryl methyl sites for hydroxylation is 1. The van der Waals surface area contributed by atoms with Gasteiger partial charge in [-0.15, -0.1) is 0 Å². The van der Waals surface area contributed by atoms with Crippen molar-refractivity contribution in [2.45, 2.75) is 13.5 Å². The topological polar surface area (TPSA) is 33.1 Å². The first-order valence-corrected chi connectivity index (χ1v) is 4.92. The van der Waals surface area contributed by atoms with Gasteiger partial charge in [-0.2, -0.15) is 0 Å². The van der Waals surface area contributed by atoms with Crippen LogP contribution in [0.1, 0.15) is 11.1 Å². The molecule has 2 rings (SSSR count). The number of aliphatic hydroxyl groups is 1. The lowest BCUT2D eigenvalue weighted by Gasteiger charge is -2.06. The summed E-state index contributed by atoms with van der Waals surface area (Å²) in [7, 11) is 0. The Bertz CT molecular complexity index is 466. The second kappa shape index (κ2) is 4.24. The smallest absolute Gasteiger partial charge is 0.0697 e. The zero-order valence-electron chi connectivity index (χ0n) is 8.64. The van der Waals surface area contributed by atoms with Crippen LogP contribution in [0.4, 0.5) is 0 Å². The molecule has 0 saturated heterocycles. The van der Waals surface area contributed by atoms with Gasteiger partial charge in [0.2, 0.25) is 0 Å². The number of rotatable bonds is 2. The van der Waals surface area contributed by atoms with Crippen LogP contribution in [0, 0.1) is 6.92 Å². The van der Waals surface area contributed by atoms with Crippen molar-refractivity contribution in [3.63, 3.8) is 0 Å². The molecule has 2 heteroatoms. The van der Waals surface area contributed by atoms with Crippen molar-refractivity contribution in [3.05, 3.63) is 53.9 Å². The monoisotopic (exact) mass is 199 g/mol. The highest BCUT2D eigenvalue weighted by Gasteiger charge is 2.01. The molecule has 0 spiro atoms. The lowest BCUT2D eigenvalue weighted by Crippen LogP contribution is -1.88. The Morgan fingerprint density at radius 2 is 2.00 bits per heavy atom.